The zero-order valence-corrected chi connectivity index (χ0v) is 20.1. The van der Waals surface area contributed by atoms with Gasteiger partial charge in [0.2, 0.25) is 0 Å². The Kier molecular flexibility index (Phi) is 7.68. The van der Waals surface area contributed by atoms with Gasteiger partial charge in [-0.15, -0.1) is 0 Å². The number of hydrogen-bond donors (Lipinski definition) is 1. The highest BCUT2D eigenvalue weighted by Crippen LogP contribution is 2.39. The second kappa shape index (κ2) is 10.4. The van der Waals surface area contributed by atoms with Crippen LogP contribution in [0.25, 0.3) is 0 Å². The van der Waals surface area contributed by atoms with Gasteiger partial charge in [-0.2, -0.15) is 26.3 Å². The van der Waals surface area contributed by atoms with Crippen LogP contribution in [0.15, 0.2) is 24.4 Å². The molecule has 2 aliphatic heterocycles. The number of nitrogens with one attached hydrogen (secondary N) is 1. The van der Waals surface area contributed by atoms with Crippen molar-refractivity contribution in [1.82, 2.24) is 19.8 Å². The van der Waals surface area contributed by atoms with Crippen molar-refractivity contribution in [3.05, 3.63) is 52.6 Å². The summed E-state index contributed by atoms with van der Waals surface area (Å²) in [5, 5.41) is 2.86. The van der Waals surface area contributed by atoms with Crippen LogP contribution in [0.3, 0.4) is 0 Å². The molecule has 0 spiro atoms. The Hall–Kier alpha value is -2.56. The molecular formula is C25H30F6N4O. The maximum atomic E-state index is 13.3. The average molecular weight is 517 g/mol. The Morgan fingerprint density at radius 3 is 2.39 bits per heavy atom. The van der Waals surface area contributed by atoms with Crippen LogP contribution < -0.4 is 5.32 Å². The van der Waals surface area contributed by atoms with Crippen LogP contribution in [-0.4, -0.2) is 46.0 Å². The topological polar surface area (TPSA) is 50.2 Å². The Balaban J connectivity index is 1.40. The molecule has 2 aromatic rings. The molecule has 2 aliphatic rings. The fourth-order valence-corrected chi connectivity index (χ4v) is 5.10. The number of hydrogen-bond acceptors (Lipinski definition) is 3. The fourth-order valence-electron chi connectivity index (χ4n) is 5.10. The van der Waals surface area contributed by atoms with E-state index in [9.17, 15) is 31.1 Å². The Morgan fingerprint density at radius 1 is 1.06 bits per heavy atom. The van der Waals surface area contributed by atoms with Crippen molar-refractivity contribution < 1.29 is 31.1 Å². The van der Waals surface area contributed by atoms with Crippen molar-refractivity contribution in [1.29, 1.82) is 0 Å². The highest BCUT2D eigenvalue weighted by molar-refractivity contribution is 5.92. The second-order valence-electron chi connectivity index (χ2n) is 9.76. The predicted octanol–water partition coefficient (Wildman–Crippen LogP) is 5.65. The molecule has 0 unspecified atom stereocenters. The molecule has 0 aliphatic carbocycles. The molecule has 36 heavy (non-hydrogen) atoms. The van der Waals surface area contributed by atoms with Crippen molar-refractivity contribution in [2.75, 3.05) is 19.6 Å². The number of aromatic nitrogens is 2. The molecule has 1 amide bonds. The van der Waals surface area contributed by atoms with Crippen LogP contribution in [-0.2, 0) is 25.3 Å². The zero-order chi connectivity index (χ0) is 26.1. The van der Waals surface area contributed by atoms with Crippen molar-refractivity contribution in [3.63, 3.8) is 0 Å². The maximum Gasteiger partial charge on any atom is 0.416 e. The van der Waals surface area contributed by atoms with Crippen molar-refractivity contribution in [2.24, 2.45) is 0 Å². The minimum atomic E-state index is -4.89. The van der Waals surface area contributed by atoms with Gasteiger partial charge in [-0.25, -0.2) is 4.98 Å². The highest BCUT2D eigenvalue weighted by Gasteiger charge is 2.38. The lowest BCUT2D eigenvalue weighted by Gasteiger charge is -2.33. The molecule has 11 heteroatoms. The summed E-state index contributed by atoms with van der Waals surface area (Å²) in [5.41, 5.74) is -2.45. The van der Waals surface area contributed by atoms with Crippen molar-refractivity contribution >= 4 is 5.91 Å². The average Bonchev–Trinajstić information content (AvgIpc) is 3.25. The lowest BCUT2D eigenvalue weighted by Crippen LogP contribution is -2.39. The molecule has 4 rings (SSSR count). The molecule has 3 heterocycles. The first-order valence-corrected chi connectivity index (χ1v) is 12.3. The van der Waals surface area contributed by atoms with Crippen molar-refractivity contribution in [2.45, 2.75) is 76.3 Å². The second-order valence-corrected chi connectivity index (χ2v) is 9.76. The van der Waals surface area contributed by atoms with Gasteiger partial charge >= 0.3 is 12.4 Å². The van der Waals surface area contributed by atoms with E-state index >= 15 is 0 Å². The van der Waals surface area contributed by atoms with Gasteiger partial charge in [-0.05, 0) is 62.9 Å². The number of carbonyl (C=O) groups excluding carboxylic acids is 1. The minimum Gasteiger partial charge on any atom is -0.351 e. The molecule has 2 atom stereocenters. The van der Waals surface area contributed by atoms with Crippen LogP contribution >= 0.6 is 0 Å². The molecule has 0 radical (unpaired) electrons. The molecule has 5 nitrogen and oxygen atoms in total. The molecular weight excluding hydrogens is 486 g/mol. The summed E-state index contributed by atoms with van der Waals surface area (Å²) in [6.45, 7) is 4.84. The van der Waals surface area contributed by atoms with Crippen LogP contribution in [0.4, 0.5) is 26.3 Å². The van der Waals surface area contributed by atoms with E-state index in [1.807, 2.05) is 0 Å². The number of rotatable bonds is 6. The van der Waals surface area contributed by atoms with Gasteiger partial charge < -0.3 is 14.8 Å². The predicted molar refractivity (Wildman–Crippen MR) is 122 cm³/mol. The molecule has 1 aromatic heterocycles. The van der Waals surface area contributed by atoms with Gasteiger partial charge in [-0.3, -0.25) is 4.79 Å². The summed E-state index contributed by atoms with van der Waals surface area (Å²) in [5.74, 6) is -0.294. The Morgan fingerprint density at radius 2 is 1.75 bits per heavy atom. The first-order valence-electron chi connectivity index (χ1n) is 12.3. The molecule has 1 fully saturated rings. The number of carbonyl (C=O) groups is 1. The first-order chi connectivity index (χ1) is 16.9. The largest absolute Gasteiger partial charge is 0.416 e. The van der Waals surface area contributed by atoms with Gasteiger partial charge in [0.15, 0.2) is 0 Å². The summed E-state index contributed by atoms with van der Waals surface area (Å²) < 4.78 is 81.2. The number of nitrogens with zero attached hydrogens (tertiary/aromatic N) is 3. The first kappa shape index (κ1) is 26.5. The molecule has 1 saturated heterocycles. The monoisotopic (exact) mass is 516 g/mol. The van der Waals surface area contributed by atoms with E-state index in [1.165, 1.54) is 25.5 Å². The number of likely N-dealkylation sites (tertiary alicyclic amines) is 1. The third-order valence-electron chi connectivity index (χ3n) is 7.15. The quantitative estimate of drug-likeness (QED) is 0.399. The number of benzene rings is 1. The number of aryl methyl sites for hydroxylation is 1. The molecule has 1 aromatic carbocycles. The Labute approximate surface area is 205 Å². The van der Waals surface area contributed by atoms with Gasteiger partial charge in [0.05, 0.1) is 11.1 Å². The summed E-state index contributed by atoms with van der Waals surface area (Å²) in [6, 6.07) is 2.27. The smallest absolute Gasteiger partial charge is 0.351 e. The van der Waals surface area contributed by atoms with Crippen LogP contribution in [0.1, 0.15) is 77.9 Å². The van der Waals surface area contributed by atoms with Gasteiger partial charge in [0.25, 0.3) is 5.91 Å². The van der Waals surface area contributed by atoms with Gasteiger partial charge in [0.1, 0.15) is 11.5 Å². The van der Waals surface area contributed by atoms with Crippen LogP contribution in [0.2, 0.25) is 0 Å². The van der Waals surface area contributed by atoms with E-state index in [0.717, 1.165) is 31.6 Å². The number of alkyl halides is 6. The third-order valence-corrected chi connectivity index (χ3v) is 7.15. The van der Waals surface area contributed by atoms with E-state index in [0.29, 0.717) is 31.3 Å². The van der Waals surface area contributed by atoms with Crippen LogP contribution in [0.5, 0.6) is 0 Å². The lowest BCUT2D eigenvalue weighted by atomic mass is 9.89. The summed E-state index contributed by atoms with van der Waals surface area (Å²) in [4.78, 5) is 19.4. The van der Waals surface area contributed by atoms with Gasteiger partial charge in [0, 0.05) is 44.2 Å². The van der Waals surface area contributed by atoms with E-state index < -0.39 is 29.4 Å². The minimum absolute atomic E-state index is 0.0190. The fraction of sp³-hybridized carbons (Fsp3) is 0.600. The zero-order valence-electron chi connectivity index (χ0n) is 20.1. The summed E-state index contributed by atoms with van der Waals surface area (Å²) in [7, 11) is 0. The van der Waals surface area contributed by atoms with E-state index in [4.69, 9.17) is 0 Å². The Bertz CT molecular complexity index is 1050. The van der Waals surface area contributed by atoms with E-state index in [2.05, 4.69) is 22.1 Å². The maximum absolute atomic E-state index is 13.3. The molecule has 0 saturated carbocycles. The SMILES string of the molecule is C[C@H]1CCCCN1CCCNC(=O)c1cn2c(n1)CC[C@H](c1cc(C(F)(F)F)cc(C(F)(F)F)c1)C2. The number of halogens is 6. The normalized spacial score (nSPS) is 21.3. The molecule has 1 N–H and O–H groups in total. The standard InChI is InChI=1S/C25H30F6N4O/c1-16-5-2-3-9-34(16)10-4-8-32-23(36)21-15-35-14-17(6-7-22(35)33-21)18-11-19(24(26,27)28)13-20(12-18)25(29,30)31/h11-13,15-17H,2-10,14H2,1H3,(H,32,36)/t16-,17-/m0/s1. The lowest BCUT2D eigenvalue weighted by molar-refractivity contribution is -0.143. The summed E-state index contributed by atoms with van der Waals surface area (Å²) in [6.07, 6.45) is -3.12. The third kappa shape index (κ3) is 6.22. The highest BCUT2D eigenvalue weighted by atomic mass is 19.4. The number of fused-ring (bicyclic) bond motifs is 1. The number of piperidine rings is 1. The molecule has 198 valence electrons. The van der Waals surface area contributed by atoms with E-state index in [-0.39, 0.29) is 29.8 Å². The van der Waals surface area contributed by atoms with Crippen LogP contribution in [0, 0.1) is 0 Å². The van der Waals surface area contributed by atoms with Crippen molar-refractivity contribution in [3.8, 4) is 0 Å². The molecule has 0 bridgehead atoms. The van der Waals surface area contributed by atoms with E-state index in [1.54, 1.807) is 4.57 Å². The number of imidazole rings is 1. The van der Waals surface area contributed by atoms with Gasteiger partial charge in [-0.1, -0.05) is 6.42 Å². The number of amides is 1. The summed E-state index contributed by atoms with van der Waals surface area (Å²) >= 11 is 0.